The first-order chi connectivity index (χ1) is 7.44. The molecule has 0 unspecified atom stereocenters. The number of rotatable bonds is 6. The van der Waals surface area contributed by atoms with Crippen LogP contribution < -0.4 is 0 Å². The molecular weight excluding hydrogens is 216 g/mol. The summed E-state index contributed by atoms with van der Waals surface area (Å²) in [6, 6.07) is 0. The molecule has 0 aliphatic carbocycles. The van der Waals surface area contributed by atoms with E-state index >= 15 is 0 Å². The van der Waals surface area contributed by atoms with E-state index in [2.05, 4.69) is 9.47 Å². The van der Waals surface area contributed by atoms with Crippen molar-refractivity contribution in [2.24, 2.45) is 5.92 Å². The van der Waals surface area contributed by atoms with Crippen LogP contribution in [0.3, 0.4) is 0 Å². The Balaban J connectivity index is 4.79. The predicted molar refractivity (Wildman–Crippen MR) is 54.6 cm³/mol. The third-order valence-electron chi connectivity index (χ3n) is 2.41. The average Bonchev–Trinajstić information content (AvgIpc) is 2.33. The van der Waals surface area contributed by atoms with Crippen LogP contribution in [0.5, 0.6) is 0 Å². The van der Waals surface area contributed by atoms with Crippen LogP contribution in [0.1, 0.15) is 13.3 Å². The number of ether oxygens (including phenoxy) is 4. The second-order valence-corrected chi connectivity index (χ2v) is 3.35. The van der Waals surface area contributed by atoms with Crippen LogP contribution in [-0.2, 0) is 28.5 Å². The fraction of sp³-hybridized carbons (Fsp3) is 0.800. The van der Waals surface area contributed by atoms with E-state index in [9.17, 15) is 9.59 Å². The van der Waals surface area contributed by atoms with Gasteiger partial charge in [-0.1, -0.05) is 0 Å². The second kappa shape index (κ2) is 6.44. The zero-order valence-corrected chi connectivity index (χ0v) is 10.2. The van der Waals surface area contributed by atoms with E-state index in [4.69, 9.17) is 9.47 Å². The van der Waals surface area contributed by atoms with Crippen LogP contribution in [-0.4, -0.2) is 46.2 Å². The van der Waals surface area contributed by atoms with Crippen LogP contribution in [0.15, 0.2) is 0 Å². The summed E-state index contributed by atoms with van der Waals surface area (Å²) < 4.78 is 19.2. The van der Waals surface area contributed by atoms with Crippen molar-refractivity contribution in [3.05, 3.63) is 0 Å². The van der Waals surface area contributed by atoms with Crippen molar-refractivity contribution >= 4 is 11.9 Å². The monoisotopic (exact) mass is 234 g/mol. The molecule has 0 aromatic heterocycles. The molecule has 0 atom stereocenters. The van der Waals surface area contributed by atoms with Crippen molar-refractivity contribution in [3.63, 3.8) is 0 Å². The van der Waals surface area contributed by atoms with E-state index in [-0.39, 0.29) is 6.42 Å². The highest BCUT2D eigenvalue weighted by Crippen LogP contribution is 2.23. The highest BCUT2D eigenvalue weighted by molar-refractivity contribution is 5.94. The standard InChI is InChI=1S/C10H18O6/c1-10(15-4,16-5)6-7(8(11)13-2)9(12)14-3/h7H,6H2,1-5H3. The van der Waals surface area contributed by atoms with Crippen molar-refractivity contribution in [3.8, 4) is 0 Å². The van der Waals surface area contributed by atoms with Crippen LogP contribution in [0.4, 0.5) is 0 Å². The van der Waals surface area contributed by atoms with Gasteiger partial charge in [-0.15, -0.1) is 0 Å². The Morgan fingerprint density at radius 2 is 1.38 bits per heavy atom. The summed E-state index contributed by atoms with van der Waals surface area (Å²) in [5, 5.41) is 0. The van der Waals surface area contributed by atoms with Gasteiger partial charge in [0.2, 0.25) is 0 Å². The van der Waals surface area contributed by atoms with Gasteiger partial charge in [-0.2, -0.15) is 0 Å². The highest BCUT2D eigenvalue weighted by Gasteiger charge is 2.37. The molecule has 6 heteroatoms. The second-order valence-electron chi connectivity index (χ2n) is 3.35. The number of carbonyl (C=O) groups excluding carboxylic acids is 2. The van der Waals surface area contributed by atoms with E-state index in [0.717, 1.165) is 0 Å². The molecule has 94 valence electrons. The summed E-state index contributed by atoms with van der Waals surface area (Å²) in [5.74, 6) is -3.44. The molecule has 16 heavy (non-hydrogen) atoms. The van der Waals surface area contributed by atoms with Crippen LogP contribution in [0, 0.1) is 5.92 Å². The van der Waals surface area contributed by atoms with Gasteiger partial charge < -0.3 is 18.9 Å². The zero-order chi connectivity index (χ0) is 12.8. The molecule has 0 amide bonds. The summed E-state index contributed by atoms with van der Waals surface area (Å²) in [5.41, 5.74) is 0. The van der Waals surface area contributed by atoms with Crippen molar-refractivity contribution < 1.29 is 28.5 Å². The Bertz CT molecular complexity index is 230. The van der Waals surface area contributed by atoms with E-state index < -0.39 is 23.6 Å². The SMILES string of the molecule is COC(=O)C(CC(C)(OC)OC)C(=O)OC. The van der Waals surface area contributed by atoms with Gasteiger partial charge in [0.25, 0.3) is 0 Å². The molecule has 0 saturated carbocycles. The maximum atomic E-state index is 11.4. The summed E-state index contributed by atoms with van der Waals surface area (Å²) in [6.45, 7) is 1.62. The molecule has 0 rings (SSSR count). The Labute approximate surface area is 94.8 Å². The molecule has 6 nitrogen and oxygen atoms in total. The molecular formula is C10H18O6. The maximum absolute atomic E-state index is 11.4. The smallest absolute Gasteiger partial charge is 0.320 e. The van der Waals surface area contributed by atoms with Gasteiger partial charge in [0.1, 0.15) is 0 Å². The van der Waals surface area contributed by atoms with Gasteiger partial charge in [-0.05, 0) is 6.92 Å². The molecule has 0 radical (unpaired) electrons. The molecule has 0 bridgehead atoms. The van der Waals surface area contributed by atoms with Gasteiger partial charge in [-0.3, -0.25) is 9.59 Å². The summed E-state index contributed by atoms with van der Waals surface area (Å²) in [6.07, 6.45) is 0.0271. The number of esters is 2. The first kappa shape index (κ1) is 14.9. The molecule has 0 aromatic carbocycles. The van der Waals surface area contributed by atoms with Gasteiger partial charge in [0.05, 0.1) is 14.2 Å². The first-order valence-corrected chi connectivity index (χ1v) is 4.70. The molecule has 0 aromatic rings. The minimum absolute atomic E-state index is 0.0271. The Morgan fingerprint density at radius 1 is 1.00 bits per heavy atom. The molecule has 0 fully saturated rings. The third-order valence-corrected chi connectivity index (χ3v) is 2.41. The molecule has 0 heterocycles. The molecule has 0 aliphatic rings. The number of carbonyl (C=O) groups is 2. The molecule has 0 aliphatic heterocycles. The van der Waals surface area contributed by atoms with Gasteiger partial charge >= 0.3 is 11.9 Å². The average molecular weight is 234 g/mol. The van der Waals surface area contributed by atoms with Crippen molar-refractivity contribution in [2.45, 2.75) is 19.1 Å². The summed E-state index contributed by atoms with van der Waals surface area (Å²) in [4.78, 5) is 22.8. The maximum Gasteiger partial charge on any atom is 0.320 e. The van der Waals surface area contributed by atoms with E-state index in [1.54, 1.807) is 6.92 Å². The van der Waals surface area contributed by atoms with E-state index in [1.807, 2.05) is 0 Å². The quantitative estimate of drug-likeness (QED) is 0.375. The predicted octanol–water partition coefficient (Wildman–Crippen LogP) is 0.348. The van der Waals surface area contributed by atoms with Crippen LogP contribution >= 0.6 is 0 Å². The Kier molecular flexibility index (Phi) is 5.98. The largest absolute Gasteiger partial charge is 0.468 e. The van der Waals surface area contributed by atoms with E-state index in [1.165, 1.54) is 28.4 Å². The molecule has 0 N–H and O–H groups in total. The lowest BCUT2D eigenvalue weighted by atomic mass is 10.00. The van der Waals surface area contributed by atoms with Crippen molar-refractivity contribution in [1.29, 1.82) is 0 Å². The van der Waals surface area contributed by atoms with Gasteiger partial charge in [0, 0.05) is 20.6 Å². The lowest BCUT2D eigenvalue weighted by Crippen LogP contribution is -2.38. The number of hydrogen-bond donors (Lipinski definition) is 0. The fourth-order valence-corrected chi connectivity index (χ4v) is 1.17. The minimum atomic E-state index is -1.06. The normalized spacial score (nSPS) is 11.4. The van der Waals surface area contributed by atoms with Gasteiger partial charge in [-0.25, -0.2) is 0 Å². The summed E-state index contributed by atoms with van der Waals surface area (Å²) >= 11 is 0. The molecule has 0 spiro atoms. The number of hydrogen-bond acceptors (Lipinski definition) is 6. The lowest BCUT2D eigenvalue weighted by molar-refractivity contribution is -0.210. The Hall–Kier alpha value is -1.14. The fourth-order valence-electron chi connectivity index (χ4n) is 1.17. The zero-order valence-electron chi connectivity index (χ0n) is 10.2. The van der Waals surface area contributed by atoms with Gasteiger partial charge in [0.15, 0.2) is 11.7 Å². The summed E-state index contributed by atoms with van der Waals surface area (Å²) in [7, 11) is 5.26. The van der Waals surface area contributed by atoms with Crippen molar-refractivity contribution in [2.75, 3.05) is 28.4 Å². The van der Waals surface area contributed by atoms with Crippen LogP contribution in [0.25, 0.3) is 0 Å². The minimum Gasteiger partial charge on any atom is -0.468 e. The third kappa shape index (κ3) is 3.79. The van der Waals surface area contributed by atoms with Crippen molar-refractivity contribution in [1.82, 2.24) is 0 Å². The molecule has 0 saturated heterocycles. The topological polar surface area (TPSA) is 71.1 Å². The van der Waals surface area contributed by atoms with E-state index in [0.29, 0.717) is 0 Å². The first-order valence-electron chi connectivity index (χ1n) is 4.70. The van der Waals surface area contributed by atoms with Crippen LogP contribution in [0.2, 0.25) is 0 Å². The number of methoxy groups -OCH3 is 4. The lowest BCUT2D eigenvalue weighted by Gasteiger charge is -2.28. The highest BCUT2D eigenvalue weighted by atomic mass is 16.7. The Morgan fingerprint density at radius 3 is 1.62 bits per heavy atom.